The summed E-state index contributed by atoms with van der Waals surface area (Å²) in [4.78, 5) is 43.8. The predicted molar refractivity (Wildman–Crippen MR) is 313 cm³/mol. The lowest BCUT2D eigenvalue weighted by atomic mass is 9.96. The smallest absolute Gasteiger partial charge is 0.293 e. The number of anilines is 2. The standard InChI is InChI=1S/C42H45ClN6O5S2.C17H18N6/c1-46(2)23-22-35(30-55-37-9-4-3-5-10-37)44-40-21-20-38(28-41(40)49(51)52)56(53,54)45-42(50)32-14-18-36(19-15-32)48-26-24-47(25-27-48)29-33-8-6-7-11-39(33)31-12-16-34(43)17-13-31;18-7-5-15(12-3-1-2-4-12)23-10-13(9-22-23)16-14-6-8-19-17(14)21-11-20-16/h3-21,28,35,44H,22-27,29-30H2,1-2H3,(H,45,50);6,8-12,15H,1-5H2,(H,19,20,21)/t35-;15-/m11/s1. The first kappa shape index (κ1) is 56.1. The van der Waals surface area contributed by atoms with E-state index in [1.807, 2.05) is 109 Å². The maximum Gasteiger partial charge on any atom is 0.293 e. The average Bonchev–Trinajstić information content (AvgIpc) is 4.37. The fourth-order valence-electron chi connectivity index (χ4n) is 10.2. The summed E-state index contributed by atoms with van der Waals surface area (Å²) in [6, 6.07) is 40.9. The van der Waals surface area contributed by atoms with Crippen LogP contribution in [0, 0.1) is 27.4 Å². The number of H-pyrrole nitrogens is 1. The Morgan fingerprint density at radius 3 is 2.38 bits per heavy atom. The largest absolute Gasteiger partial charge is 0.376 e. The molecule has 1 aliphatic heterocycles. The van der Waals surface area contributed by atoms with Crippen molar-refractivity contribution in [3.63, 3.8) is 0 Å². The van der Waals surface area contributed by atoms with E-state index in [2.05, 4.69) is 64.2 Å². The topological polar surface area (TPSA) is 211 Å². The number of benzene rings is 5. The Morgan fingerprint density at radius 1 is 0.924 bits per heavy atom. The maximum absolute atomic E-state index is 13.4. The highest BCUT2D eigenvalue weighted by atomic mass is 35.5. The predicted octanol–water partition coefficient (Wildman–Crippen LogP) is 11.3. The average molecular weight is 1120 g/mol. The highest BCUT2D eigenvalue weighted by Crippen LogP contribution is 2.37. The molecular formula is C59H63ClN12O5S2. The van der Waals surface area contributed by atoms with Gasteiger partial charge in [0.25, 0.3) is 21.6 Å². The zero-order valence-corrected chi connectivity index (χ0v) is 46.5. The number of nitrogens with zero attached hydrogens (tertiary/aromatic N) is 9. The molecule has 2 fully saturated rings. The third-order valence-electron chi connectivity index (χ3n) is 14.4. The molecule has 17 nitrogen and oxygen atoms in total. The fraction of sp³-hybridized carbons (Fsp3) is 0.305. The van der Waals surface area contributed by atoms with E-state index in [1.54, 1.807) is 42.4 Å². The molecule has 0 spiro atoms. The minimum Gasteiger partial charge on any atom is -0.376 e. The molecular weight excluding hydrogens is 1060 g/mol. The quantitative estimate of drug-likeness (QED) is 0.0368. The summed E-state index contributed by atoms with van der Waals surface area (Å²) in [5, 5.41) is 30.9. The van der Waals surface area contributed by atoms with Gasteiger partial charge in [0.05, 0.1) is 40.2 Å². The monoisotopic (exact) mass is 1120 g/mol. The highest BCUT2D eigenvalue weighted by molar-refractivity contribution is 7.99. The first-order valence-electron chi connectivity index (χ1n) is 26.4. The van der Waals surface area contributed by atoms with Crippen LogP contribution in [0.4, 0.5) is 17.1 Å². The second-order valence-electron chi connectivity index (χ2n) is 20.0. The molecule has 5 aromatic carbocycles. The normalized spacial score (nSPS) is 14.8. The minimum absolute atomic E-state index is 0.140. The van der Waals surface area contributed by atoms with Crippen molar-refractivity contribution >= 4 is 67.4 Å². The molecule has 1 aliphatic carbocycles. The van der Waals surface area contributed by atoms with Crippen LogP contribution in [0.25, 0.3) is 33.4 Å². The van der Waals surface area contributed by atoms with E-state index in [0.29, 0.717) is 29.5 Å². The Hall–Kier alpha value is -7.60. The number of carbonyl (C=O) groups is 1. The van der Waals surface area contributed by atoms with Crippen molar-refractivity contribution in [2.24, 2.45) is 5.92 Å². The van der Waals surface area contributed by atoms with Gasteiger partial charge >= 0.3 is 0 Å². The molecule has 8 aromatic rings. The number of halogens is 1. The number of hydrogen-bond acceptors (Lipinski definition) is 14. The number of aromatic amines is 1. The van der Waals surface area contributed by atoms with Gasteiger partial charge in [-0.1, -0.05) is 79.0 Å². The minimum atomic E-state index is -4.43. The number of nitrogens with one attached hydrogen (secondary N) is 3. The van der Waals surface area contributed by atoms with Crippen molar-refractivity contribution in [3.8, 4) is 28.5 Å². The Morgan fingerprint density at radius 2 is 1.66 bits per heavy atom. The van der Waals surface area contributed by atoms with Crippen LogP contribution in [0.15, 0.2) is 162 Å². The van der Waals surface area contributed by atoms with Crippen LogP contribution in [-0.4, -0.2) is 112 Å². The molecule has 0 radical (unpaired) electrons. The molecule has 4 heterocycles. The molecule has 0 unspecified atom stereocenters. The van der Waals surface area contributed by atoms with Gasteiger partial charge in [-0.25, -0.2) is 23.1 Å². The van der Waals surface area contributed by atoms with Crippen LogP contribution in [-0.2, 0) is 16.6 Å². The van der Waals surface area contributed by atoms with Crippen LogP contribution >= 0.6 is 23.4 Å². The first-order chi connectivity index (χ1) is 38.3. The number of aromatic nitrogens is 5. The molecule has 0 bridgehead atoms. The highest BCUT2D eigenvalue weighted by Gasteiger charge is 2.29. The van der Waals surface area contributed by atoms with E-state index in [-0.39, 0.29) is 28.2 Å². The molecule has 1 amide bonds. The third kappa shape index (κ3) is 14.6. The van der Waals surface area contributed by atoms with Crippen LogP contribution in [0.2, 0.25) is 5.02 Å². The number of sulfonamides is 1. The molecule has 3 aromatic heterocycles. The van der Waals surface area contributed by atoms with Gasteiger partial charge in [0.2, 0.25) is 0 Å². The summed E-state index contributed by atoms with van der Waals surface area (Å²) in [5.74, 6) is 0.369. The third-order valence-corrected chi connectivity index (χ3v) is 17.2. The van der Waals surface area contributed by atoms with E-state index >= 15 is 0 Å². The number of nitro benzene ring substituents is 1. The molecule has 1 saturated heterocycles. The van der Waals surface area contributed by atoms with Gasteiger partial charge < -0.3 is 20.1 Å². The van der Waals surface area contributed by atoms with Crippen LogP contribution in [0.1, 0.15) is 60.5 Å². The van der Waals surface area contributed by atoms with Crippen molar-refractivity contribution in [1.82, 2.24) is 39.3 Å². The summed E-state index contributed by atoms with van der Waals surface area (Å²) < 4.78 is 30.8. The van der Waals surface area contributed by atoms with Gasteiger partial charge in [-0.3, -0.25) is 24.5 Å². The number of hydrogen-bond donors (Lipinski definition) is 3. The zero-order chi connectivity index (χ0) is 55.3. The number of rotatable bonds is 20. The van der Waals surface area contributed by atoms with Gasteiger partial charge in [0.15, 0.2) is 0 Å². The van der Waals surface area contributed by atoms with Crippen molar-refractivity contribution < 1.29 is 18.1 Å². The lowest BCUT2D eigenvalue weighted by Gasteiger charge is -2.36. The molecule has 79 heavy (non-hydrogen) atoms. The maximum atomic E-state index is 13.4. The number of nitriles is 1. The first-order valence-corrected chi connectivity index (χ1v) is 29.2. The molecule has 2 atom stereocenters. The Kier molecular flexibility index (Phi) is 18.7. The zero-order valence-electron chi connectivity index (χ0n) is 44.1. The summed E-state index contributed by atoms with van der Waals surface area (Å²) in [5.41, 5.74) is 7.12. The number of thioether (sulfide) groups is 1. The van der Waals surface area contributed by atoms with Gasteiger partial charge in [0.1, 0.15) is 17.7 Å². The Bertz CT molecular complexity index is 3490. The fourth-order valence-corrected chi connectivity index (χ4v) is 12.3. The van der Waals surface area contributed by atoms with Crippen LogP contribution in [0.3, 0.4) is 0 Å². The van der Waals surface area contributed by atoms with Gasteiger partial charge in [0, 0.05) is 95.1 Å². The summed E-state index contributed by atoms with van der Waals surface area (Å²) in [6.07, 6.45) is 13.4. The molecule has 20 heteroatoms. The van der Waals surface area contributed by atoms with Gasteiger partial charge in [-0.15, -0.1) is 11.8 Å². The van der Waals surface area contributed by atoms with E-state index in [4.69, 9.17) is 11.6 Å². The molecule has 408 valence electrons. The summed E-state index contributed by atoms with van der Waals surface area (Å²) in [6.45, 7) is 4.83. The van der Waals surface area contributed by atoms with E-state index in [0.717, 1.165) is 83.8 Å². The molecule has 10 rings (SSSR count). The summed E-state index contributed by atoms with van der Waals surface area (Å²) >= 11 is 7.75. The second-order valence-corrected chi connectivity index (χ2v) is 23.3. The van der Waals surface area contributed by atoms with Crippen molar-refractivity contribution in [2.75, 3.05) is 62.8 Å². The number of nitro groups is 1. The summed E-state index contributed by atoms with van der Waals surface area (Å²) in [7, 11) is -0.509. The van der Waals surface area contributed by atoms with Gasteiger partial charge in [-0.2, -0.15) is 10.4 Å². The van der Waals surface area contributed by atoms with Crippen molar-refractivity contribution in [1.29, 1.82) is 5.26 Å². The van der Waals surface area contributed by atoms with Crippen LogP contribution < -0.4 is 14.9 Å². The van der Waals surface area contributed by atoms with Crippen molar-refractivity contribution in [3.05, 3.63) is 179 Å². The second kappa shape index (κ2) is 26.4. The van der Waals surface area contributed by atoms with E-state index in [1.165, 1.54) is 48.9 Å². The lowest BCUT2D eigenvalue weighted by molar-refractivity contribution is -0.384. The Balaban J connectivity index is 0.000000271. The van der Waals surface area contributed by atoms with Gasteiger partial charge in [-0.05, 0) is 129 Å². The number of carbonyl (C=O) groups excluding carboxylic acids is 1. The number of piperazine rings is 1. The SMILES string of the molecule is CN(C)CC[C@H](CSc1ccccc1)Nc1ccc(S(=O)(=O)NC(=O)c2ccc(N3CCN(Cc4ccccc4-c4ccc(Cl)cc4)CC3)cc2)cc1[N+](=O)[O-].N#CC[C@H](C1CCCC1)n1cc(-c2ncnc3[nH]ccc23)cn1. The number of fused-ring (bicyclic) bond motifs is 1. The molecule has 2 aliphatic rings. The van der Waals surface area contributed by atoms with E-state index < -0.39 is 26.5 Å². The van der Waals surface area contributed by atoms with E-state index in [9.17, 15) is 28.6 Å². The lowest BCUT2D eigenvalue weighted by Crippen LogP contribution is -2.46. The van der Waals surface area contributed by atoms with Crippen LogP contribution in [0.5, 0.6) is 0 Å². The molecule has 3 N–H and O–H groups in total. The van der Waals surface area contributed by atoms with Crippen molar-refractivity contribution in [2.45, 2.75) is 66.9 Å². The number of amides is 1. The molecule has 1 saturated carbocycles. The Labute approximate surface area is 470 Å².